The third kappa shape index (κ3) is 3.61. The van der Waals surface area contributed by atoms with Crippen LogP contribution in [-0.2, 0) is 14.3 Å². The van der Waals surface area contributed by atoms with Gasteiger partial charge in [0, 0.05) is 0 Å². The number of nitriles is 2. The molecule has 5 heteroatoms. The molecular formula is C25H14N2O3. The molecule has 3 aromatic rings. The molecule has 1 aliphatic heterocycles. The minimum Gasteiger partial charge on any atom is -0.422 e. The van der Waals surface area contributed by atoms with Crippen LogP contribution in [0.3, 0.4) is 0 Å². The molecule has 0 aliphatic carbocycles. The highest BCUT2D eigenvalue weighted by Crippen LogP contribution is 2.31. The van der Waals surface area contributed by atoms with Gasteiger partial charge in [-0.05, 0) is 52.6 Å². The quantitative estimate of drug-likeness (QED) is 0.377. The number of cyclic esters (lactones) is 1. The molecular weight excluding hydrogens is 376 g/mol. The fourth-order valence-electron chi connectivity index (χ4n) is 3.27. The standard InChI is InChI=1S/C25H14N2O3/c26-14-17-3-9-20(10-4-17)19-7-1-16(2-8-19)13-22-24(28)23(25(29)30-22)21-11-5-18(15-27)6-12-21/h1-13,23H/b22-13+. The highest BCUT2D eigenvalue weighted by molar-refractivity contribution is 6.19. The Kier molecular flexibility index (Phi) is 4.95. The lowest BCUT2D eigenvalue weighted by molar-refractivity contribution is -0.136. The Balaban J connectivity index is 1.55. The minimum atomic E-state index is -1.01. The van der Waals surface area contributed by atoms with Crippen LogP contribution in [0.4, 0.5) is 0 Å². The van der Waals surface area contributed by atoms with Crippen LogP contribution >= 0.6 is 0 Å². The number of allylic oxidation sites excluding steroid dienone is 1. The number of ether oxygens (including phenoxy) is 1. The third-order valence-corrected chi connectivity index (χ3v) is 4.88. The predicted octanol–water partition coefficient (Wildman–Crippen LogP) is 4.35. The summed E-state index contributed by atoms with van der Waals surface area (Å²) in [5, 5.41) is 17.8. The first kappa shape index (κ1) is 18.9. The molecule has 3 aromatic carbocycles. The molecule has 30 heavy (non-hydrogen) atoms. The summed E-state index contributed by atoms with van der Waals surface area (Å²) < 4.78 is 5.22. The van der Waals surface area contributed by atoms with Crippen LogP contribution in [0, 0.1) is 22.7 Å². The first-order valence-corrected chi connectivity index (χ1v) is 9.17. The molecule has 0 N–H and O–H groups in total. The summed E-state index contributed by atoms with van der Waals surface area (Å²) in [6, 6.07) is 25.1. The Labute approximate surface area is 173 Å². The fourth-order valence-corrected chi connectivity index (χ4v) is 3.27. The van der Waals surface area contributed by atoms with E-state index in [0.29, 0.717) is 16.7 Å². The van der Waals surface area contributed by atoms with Crippen molar-refractivity contribution in [2.24, 2.45) is 0 Å². The van der Waals surface area contributed by atoms with E-state index in [1.807, 2.05) is 42.5 Å². The number of ketones is 1. The van der Waals surface area contributed by atoms with E-state index >= 15 is 0 Å². The van der Waals surface area contributed by atoms with Crippen molar-refractivity contribution < 1.29 is 14.3 Å². The zero-order chi connectivity index (χ0) is 21.1. The summed E-state index contributed by atoms with van der Waals surface area (Å²) in [6.07, 6.45) is 1.55. The molecule has 0 amide bonds. The summed E-state index contributed by atoms with van der Waals surface area (Å²) >= 11 is 0. The van der Waals surface area contributed by atoms with Gasteiger partial charge < -0.3 is 4.74 Å². The van der Waals surface area contributed by atoms with Crippen LogP contribution in [0.15, 0.2) is 78.6 Å². The molecule has 142 valence electrons. The van der Waals surface area contributed by atoms with Crippen molar-refractivity contribution in [1.29, 1.82) is 10.5 Å². The zero-order valence-corrected chi connectivity index (χ0v) is 15.7. The Hall–Kier alpha value is -4.48. The number of Topliss-reactive ketones (excluding diaryl/α,β-unsaturated/α-hetero) is 1. The van der Waals surface area contributed by atoms with Crippen molar-refractivity contribution in [3.05, 3.63) is 101 Å². The number of esters is 1. The van der Waals surface area contributed by atoms with Crippen LogP contribution in [0.5, 0.6) is 0 Å². The van der Waals surface area contributed by atoms with Gasteiger partial charge >= 0.3 is 5.97 Å². The maximum Gasteiger partial charge on any atom is 0.327 e. The number of rotatable bonds is 3. The molecule has 1 atom stereocenters. The molecule has 1 saturated heterocycles. The van der Waals surface area contributed by atoms with Gasteiger partial charge in [0.1, 0.15) is 5.92 Å². The maximum absolute atomic E-state index is 12.7. The summed E-state index contributed by atoms with van der Waals surface area (Å²) in [5.41, 5.74) is 4.21. The van der Waals surface area contributed by atoms with Crippen LogP contribution in [0.1, 0.15) is 28.2 Å². The summed E-state index contributed by atoms with van der Waals surface area (Å²) in [6.45, 7) is 0. The molecule has 0 aromatic heterocycles. The molecule has 5 nitrogen and oxygen atoms in total. The van der Waals surface area contributed by atoms with E-state index in [4.69, 9.17) is 15.3 Å². The van der Waals surface area contributed by atoms with Crippen LogP contribution in [0.2, 0.25) is 0 Å². The van der Waals surface area contributed by atoms with Crippen molar-refractivity contribution in [2.45, 2.75) is 5.92 Å². The average molecular weight is 390 g/mol. The SMILES string of the molecule is N#Cc1ccc(-c2ccc(/C=C3/OC(=O)C(c4ccc(C#N)cc4)C3=O)cc2)cc1. The molecule has 0 saturated carbocycles. The van der Waals surface area contributed by atoms with Gasteiger partial charge in [0.2, 0.25) is 5.78 Å². The van der Waals surface area contributed by atoms with Gasteiger partial charge in [-0.2, -0.15) is 10.5 Å². The lowest BCUT2D eigenvalue weighted by Crippen LogP contribution is -2.12. The monoisotopic (exact) mass is 390 g/mol. The topological polar surface area (TPSA) is 90.9 Å². The Bertz CT molecular complexity index is 1240. The van der Waals surface area contributed by atoms with Crippen molar-refractivity contribution in [2.75, 3.05) is 0 Å². The largest absolute Gasteiger partial charge is 0.422 e. The first-order chi connectivity index (χ1) is 14.6. The number of benzene rings is 3. The van der Waals surface area contributed by atoms with Gasteiger partial charge in [-0.25, -0.2) is 0 Å². The lowest BCUT2D eigenvalue weighted by Gasteiger charge is -2.03. The summed E-state index contributed by atoms with van der Waals surface area (Å²) in [7, 11) is 0. The van der Waals surface area contributed by atoms with Gasteiger partial charge in [-0.15, -0.1) is 0 Å². The fraction of sp³-hybridized carbons (Fsp3) is 0.0400. The molecule has 1 unspecified atom stereocenters. The van der Waals surface area contributed by atoms with E-state index < -0.39 is 17.7 Å². The van der Waals surface area contributed by atoms with Crippen LogP contribution in [0.25, 0.3) is 17.2 Å². The number of nitrogens with zero attached hydrogens (tertiary/aromatic N) is 2. The molecule has 0 bridgehead atoms. The van der Waals surface area contributed by atoms with Gasteiger partial charge in [0.15, 0.2) is 5.76 Å². The van der Waals surface area contributed by atoms with Gasteiger partial charge in [0.05, 0.1) is 23.3 Å². The third-order valence-electron chi connectivity index (χ3n) is 4.88. The molecule has 1 fully saturated rings. The average Bonchev–Trinajstić information content (AvgIpc) is 3.07. The van der Waals surface area contributed by atoms with E-state index in [0.717, 1.165) is 16.7 Å². The highest BCUT2D eigenvalue weighted by Gasteiger charge is 2.41. The van der Waals surface area contributed by atoms with Crippen molar-refractivity contribution >= 4 is 17.8 Å². The van der Waals surface area contributed by atoms with Gasteiger partial charge in [-0.3, -0.25) is 9.59 Å². The number of carbonyl (C=O) groups excluding carboxylic acids is 2. The van der Waals surface area contributed by atoms with E-state index in [1.165, 1.54) is 0 Å². The van der Waals surface area contributed by atoms with E-state index in [1.54, 1.807) is 42.5 Å². The Morgan fingerprint density at radius 2 is 1.23 bits per heavy atom. The maximum atomic E-state index is 12.7. The molecule has 1 heterocycles. The minimum absolute atomic E-state index is 0.000447. The van der Waals surface area contributed by atoms with E-state index in [-0.39, 0.29) is 5.76 Å². The number of carbonyl (C=O) groups is 2. The Morgan fingerprint density at radius 3 is 1.77 bits per heavy atom. The smallest absolute Gasteiger partial charge is 0.327 e. The molecule has 0 radical (unpaired) electrons. The number of hydrogen-bond acceptors (Lipinski definition) is 5. The predicted molar refractivity (Wildman–Crippen MR) is 110 cm³/mol. The first-order valence-electron chi connectivity index (χ1n) is 9.17. The van der Waals surface area contributed by atoms with Gasteiger partial charge in [-0.1, -0.05) is 48.5 Å². The van der Waals surface area contributed by atoms with Crippen LogP contribution in [-0.4, -0.2) is 11.8 Å². The normalized spacial score (nSPS) is 16.7. The second kappa shape index (κ2) is 7.87. The highest BCUT2D eigenvalue weighted by atomic mass is 16.5. The second-order valence-electron chi connectivity index (χ2n) is 6.77. The molecule has 0 spiro atoms. The van der Waals surface area contributed by atoms with E-state index in [2.05, 4.69) is 6.07 Å². The van der Waals surface area contributed by atoms with Crippen molar-refractivity contribution in [1.82, 2.24) is 0 Å². The van der Waals surface area contributed by atoms with Crippen molar-refractivity contribution in [3.63, 3.8) is 0 Å². The molecule has 1 aliphatic rings. The molecule has 4 rings (SSSR count). The van der Waals surface area contributed by atoms with E-state index in [9.17, 15) is 9.59 Å². The lowest BCUT2D eigenvalue weighted by atomic mass is 9.94. The zero-order valence-electron chi connectivity index (χ0n) is 15.7. The van der Waals surface area contributed by atoms with Crippen LogP contribution < -0.4 is 0 Å². The van der Waals surface area contributed by atoms with Crippen molar-refractivity contribution in [3.8, 4) is 23.3 Å². The Morgan fingerprint density at radius 1 is 0.733 bits per heavy atom. The number of hydrogen-bond donors (Lipinski definition) is 0. The second-order valence-corrected chi connectivity index (χ2v) is 6.77. The summed E-state index contributed by atoms with van der Waals surface area (Å²) in [5.74, 6) is -2.03. The van der Waals surface area contributed by atoms with Gasteiger partial charge in [0.25, 0.3) is 0 Å². The summed E-state index contributed by atoms with van der Waals surface area (Å²) in [4.78, 5) is 25.0.